The topological polar surface area (TPSA) is 102 Å². The Morgan fingerprint density at radius 2 is 1.72 bits per heavy atom. The van der Waals surface area contributed by atoms with E-state index in [9.17, 15) is 14.7 Å². The maximum Gasteiger partial charge on any atom is 0.339 e. The van der Waals surface area contributed by atoms with Gasteiger partial charge in [-0.1, -0.05) is 54.6 Å². The molecule has 0 saturated carbocycles. The monoisotopic (exact) mass is 388 g/mol. The highest BCUT2D eigenvalue weighted by atomic mass is 16.5. The highest BCUT2D eigenvalue weighted by Gasteiger charge is 2.44. The summed E-state index contributed by atoms with van der Waals surface area (Å²) in [7, 11) is 1.19. The lowest BCUT2D eigenvalue weighted by Crippen LogP contribution is -2.37. The van der Waals surface area contributed by atoms with Crippen LogP contribution in [0.4, 0.5) is 5.69 Å². The van der Waals surface area contributed by atoms with Gasteiger partial charge in [0.2, 0.25) is 11.6 Å². The summed E-state index contributed by atoms with van der Waals surface area (Å²) in [5, 5.41) is 10.4. The molecule has 6 heteroatoms. The van der Waals surface area contributed by atoms with Crippen molar-refractivity contribution in [3.63, 3.8) is 0 Å². The molecule has 1 atom stereocenters. The quantitative estimate of drug-likeness (QED) is 0.221. The Morgan fingerprint density at radius 3 is 2.34 bits per heavy atom. The predicted molar refractivity (Wildman–Crippen MR) is 110 cm³/mol. The van der Waals surface area contributed by atoms with Gasteiger partial charge in [-0.25, -0.2) is 9.59 Å². The van der Waals surface area contributed by atoms with Crippen LogP contribution in [0.5, 0.6) is 5.75 Å². The Labute approximate surface area is 168 Å². The van der Waals surface area contributed by atoms with Crippen molar-refractivity contribution < 1.29 is 19.4 Å². The molecule has 3 aromatic carbocycles. The minimum Gasteiger partial charge on any atom is -0.508 e. The van der Waals surface area contributed by atoms with E-state index in [1.165, 1.54) is 31.4 Å². The van der Waals surface area contributed by atoms with Gasteiger partial charge in [-0.2, -0.15) is 4.99 Å². The smallest absolute Gasteiger partial charge is 0.339 e. The molecule has 3 aromatic rings. The number of hydrogen-bond acceptors (Lipinski definition) is 6. The Kier molecular flexibility index (Phi) is 5.77. The van der Waals surface area contributed by atoms with Gasteiger partial charge in [0, 0.05) is 17.7 Å². The maximum absolute atomic E-state index is 12.7. The molecule has 146 valence electrons. The number of esters is 1. The van der Waals surface area contributed by atoms with E-state index in [1.807, 2.05) is 54.6 Å². The number of hydrogen-bond donors (Lipinski definition) is 2. The Balaban J connectivity index is 2.07. The number of benzene rings is 3. The molecule has 0 aliphatic rings. The van der Waals surface area contributed by atoms with Gasteiger partial charge in [0.1, 0.15) is 5.75 Å². The number of methoxy groups -OCH3 is 1. The Bertz CT molecular complexity index is 1060. The first-order valence-electron chi connectivity index (χ1n) is 8.91. The van der Waals surface area contributed by atoms with E-state index >= 15 is 0 Å². The second-order valence-corrected chi connectivity index (χ2v) is 6.57. The molecule has 0 amide bonds. The third-order valence-electron chi connectivity index (χ3n) is 4.75. The summed E-state index contributed by atoms with van der Waals surface area (Å²) >= 11 is 0. The summed E-state index contributed by atoms with van der Waals surface area (Å²) < 4.78 is 4.92. The van der Waals surface area contributed by atoms with E-state index in [0.717, 1.165) is 16.7 Å². The molecule has 0 aliphatic heterocycles. The average molecular weight is 388 g/mol. The number of nitrogens with zero attached hydrogens (tertiary/aromatic N) is 1. The van der Waals surface area contributed by atoms with Crippen LogP contribution < -0.4 is 5.73 Å². The summed E-state index contributed by atoms with van der Waals surface area (Å²) in [6, 6.07) is 21.6. The zero-order valence-corrected chi connectivity index (χ0v) is 15.8. The van der Waals surface area contributed by atoms with Gasteiger partial charge in [-0.3, -0.25) is 0 Å². The Hall–Kier alpha value is -3.89. The number of carbonyl (C=O) groups excluding carboxylic acids is 2. The number of aliphatic imine (C=N–C) groups is 1. The van der Waals surface area contributed by atoms with Crippen molar-refractivity contribution in [2.45, 2.75) is 12.0 Å². The number of nitrogen functional groups attached to an aromatic ring is 1. The van der Waals surface area contributed by atoms with Crippen LogP contribution in [0.25, 0.3) is 11.1 Å². The van der Waals surface area contributed by atoms with Gasteiger partial charge in [0.25, 0.3) is 0 Å². The zero-order valence-electron chi connectivity index (χ0n) is 15.8. The van der Waals surface area contributed by atoms with Crippen LogP contribution >= 0.6 is 0 Å². The van der Waals surface area contributed by atoms with Crippen LogP contribution in [0.3, 0.4) is 0 Å². The van der Waals surface area contributed by atoms with E-state index in [1.54, 1.807) is 0 Å². The van der Waals surface area contributed by atoms with E-state index in [2.05, 4.69) is 4.99 Å². The van der Waals surface area contributed by atoms with E-state index < -0.39 is 11.5 Å². The number of aromatic hydroxyl groups is 1. The third-order valence-corrected chi connectivity index (χ3v) is 4.75. The molecule has 0 spiro atoms. The number of rotatable bonds is 6. The predicted octanol–water partition coefficient (Wildman–Crippen LogP) is 3.59. The van der Waals surface area contributed by atoms with Gasteiger partial charge < -0.3 is 15.6 Å². The van der Waals surface area contributed by atoms with Crippen molar-refractivity contribution in [3.05, 3.63) is 83.9 Å². The number of phenols is 1. The van der Waals surface area contributed by atoms with E-state index in [0.29, 0.717) is 5.69 Å². The molecule has 29 heavy (non-hydrogen) atoms. The largest absolute Gasteiger partial charge is 0.508 e. The molecule has 3 N–H and O–H groups in total. The van der Waals surface area contributed by atoms with Gasteiger partial charge >= 0.3 is 5.97 Å². The fraction of sp³-hybridized carbons (Fsp3) is 0.130. The van der Waals surface area contributed by atoms with Gasteiger partial charge in [0.05, 0.1) is 7.11 Å². The summed E-state index contributed by atoms with van der Waals surface area (Å²) in [5.41, 5.74) is 7.20. The molecule has 0 unspecified atom stereocenters. The number of nitrogens with two attached hydrogens (primary N) is 1. The first-order chi connectivity index (χ1) is 14.0. The van der Waals surface area contributed by atoms with Crippen LogP contribution in [0.2, 0.25) is 0 Å². The number of carbonyl (C=O) groups is 1. The standard InChI is InChI=1S/C23H20N2O4/c1-29-22(28)23(25-15-26,20-13-19(24)11-12-21(20)27)14-16-7-9-18(10-8-16)17-5-3-2-4-6-17/h2-13,27H,14,24H2,1H3/t23-/m0/s1. The SMILES string of the molecule is COC(=O)[C@@](Cc1ccc(-c2ccccc2)cc1)(N=C=O)c1cc(N)ccc1O. The lowest BCUT2D eigenvalue weighted by atomic mass is 9.83. The van der Waals surface area contributed by atoms with Crippen LogP contribution in [0.1, 0.15) is 11.1 Å². The van der Waals surface area contributed by atoms with Crippen LogP contribution in [0.15, 0.2) is 77.8 Å². The molecule has 0 radical (unpaired) electrons. The lowest BCUT2D eigenvalue weighted by Gasteiger charge is -2.27. The molecule has 6 nitrogen and oxygen atoms in total. The Morgan fingerprint density at radius 1 is 1.07 bits per heavy atom. The summed E-state index contributed by atoms with van der Waals surface area (Å²) in [4.78, 5) is 27.7. The number of phenolic OH excluding ortho intramolecular Hbond substituents is 1. The highest BCUT2D eigenvalue weighted by molar-refractivity contribution is 5.86. The minimum absolute atomic E-state index is 0.0129. The summed E-state index contributed by atoms with van der Waals surface area (Å²) in [5.74, 6) is -1.02. The number of ether oxygens (including phenoxy) is 1. The first-order valence-corrected chi connectivity index (χ1v) is 8.91. The van der Waals surface area contributed by atoms with Gasteiger partial charge in [-0.05, 0) is 34.9 Å². The van der Waals surface area contributed by atoms with Crippen molar-refractivity contribution in [1.29, 1.82) is 0 Å². The van der Waals surface area contributed by atoms with Crippen molar-refractivity contribution in [2.24, 2.45) is 4.99 Å². The summed E-state index contributed by atoms with van der Waals surface area (Å²) in [6.07, 6.45) is 1.44. The van der Waals surface area contributed by atoms with Gasteiger partial charge in [0.15, 0.2) is 0 Å². The molecule has 0 aliphatic carbocycles. The van der Waals surface area contributed by atoms with Crippen molar-refractivity contribution in [3.8, 4) is 16.9 Å². The molecule has 0 saturated heterocycles. The summed E-state index contributed by atoms with van der Waals surface area (Å²) in [6.45, 7) is 0. The molecule has 0 bridgehead atoms. The van der Waals surface area contributed by atoms with E-state index in [-0.39, 0.29) is 17.7 Å². The van der Waals surface area contributed by atoms with Crippen molar-refractivity contribution >= 4 is 17.7 Å². The number of isocyanates is 1. The molecule has 0 aromatic heterocycles. The molecule has 0 fully saturated rings. The average Bonchev–Trinajstić information content (AvgIpc) is 2.75. The third kappa shape index (κ3) is 4.03. The molecular weight excluding hydrogens is 368 g/mol. The number of anilines is 1. The molecule has 3 rings (SSSR count). The van der Waals surface area contributed by atoms with Crippen molar-refractivity contribution in [1.82, 2.24) is 0 Å². The fourth-order valence-corrected chi connectivity index (χ4v) is 3.30. The van der Waals surface area contributed by atoms with Crippen LogP contribution in [0, 0.1) is 0 Å². The second-order valence-electron chi connectivity index (χ2n) is 6.57. The fourth-order valence-electron chi connectivity index (χ4n) is 3.30. The van der Waals surface area contributed by atoms with Crippen molar-refractivity contribution in [2.75, 3.05) is 12.8 Å². The molecule has 0 heterocycles. The highest BCUT2D eigenvalue weighted by Crippen LogP contribution is 2.38. The van der Waals surface area contributed by atoms with Crippen LogP contribution in [-0.4, -0.2) is 24.3 Å². The minimum atomic E-state index is -1.80. The first kappa shape index (κ1) is 19.9. The van der Waals surface area contributed by atoms with Gasteiger partial charge in [-0.15, -0.1) is 0 Å². The molecular formula is C23H20N2O4. The zero-order chi connectivity index (χ0) is 20.9. The van der Waals surface area contributed by atoms with E-state index in [4.69, 9.17) is 10.5 Å². The normalized spacial score (nSPS) is 12.4. The van der Waals surface area contributed by atoms with Crippen LogP contribution in [-0.2, 0) is 26.3 Å². The second kappa shape index (κ2) is 8.42. The lowest BCUT2D eigenvalue weighted by molar-refractivity contribution is -0.147. The maximum atomic E-state index is 12.7.